The molecule has 0 spiro atoms. The van der Waals surface area contributed by atoms with Gasteiger partial charge in [-0.05, 0) is 31.4 Å². The van der Waals surface area contributed by atoms with E-state index in [1.54, 1.807) is 6.92 Å². The summed E-state index contributed by atoms with van der Waals surface area (Å²) in [6.07, 6.45) is 2.09. The number of allylic oxidation sites excluding steroid dienone is 1. The molecule has 23 heavy (non-hydrogen) atoms. The average Bonchev–Trinajstić information content (AvgIpc) is 3.07. The predicted molar refractivity (Wildman–Crippen MR) is 87.0 cm³/mol. The van der Waals surface area contributed by atoms with Crippen molar-refractivity contribution in [2.45, 2.75) is 26.3 Å². The quantitative estimate of drug-likeness (QED) is 0.590. The predicted octanol–water partition coefficient (Wildman–Crippen LogP) is 2.51. The number of aliphatic imine (C=N–C) groups is 2. The lowest BCUT2D eigenvalue weighted by Gasteiger charge is -2.33. The number of amidine groups is 1. The number of nitrogens with zero attached hydrogens (tertiary/aromatic N) is 5. The highest BCUT2D eigenvalue weighted by molar-refractivity contribution is 6.08. The molecule has 1 aromatic carbocycles. The van der Waals surface area contributed by atoms with Crippen molar-refractivity contribution in [3.63, 3.8) is 0 Å². The fourth-order valence-corrected chi connectivity index (χ4v) is 3.32. The van der Waals surface area contributed by atoms with Gasteiger partial charge in [-0.3, -0.25) is 10.1 Å². The summed E-state index contributed by atoms with van der Waals surface area (Å²) < 4.78 is 0. The number of guanidine groups is 1. The van der Waals surface area contributed by atoms with E-state index in [4.69, 9.17) is 0 Å². The van der Waals surface area contributed by atoms with Gasteiger partial charge in [0.25, 0.3) is 0 Å². The molecule has 7 nitrogen and oxygen atoms in total. The molecule has 0 saturated carbocycles. The van der Waals surface area contributed by atoms with E-state index in [0.29, 0.717) is 24.0 Å². The van der Waals surface area contributed by atoms with Crippen LogP contribution in [0.2, 0.25) is 0 Å². The number of hydrogen-bond acceptors (Lipinski definition) is 6. The normalized spacial score (nSPS) is 20.0. The van der Waals surface area contributed by atoms with Crippen molar-refractivity contribution in [1.82, 2.24) is 9.80 Å². The van der Waals surface area contributed by atoms with Crippen molar-refractivity contribution >= 4 is 17.5 Å². The summed E-state index contributed by atoms with van der Waals surface area (Å²) in [6, 6.07) is 7.84. The molecule has 0 unspecified atom stereocenters. The van der Waals surface area contributed by atoms with Crippen LogP contribution in [0.25, 0.3) is 0 Å². The molecule has 3 aliphatic heterocycles. The zero-order valence-corrected chi connectivity index (χ0v) is 12.9. The lowest BCUT2D eigenvalue weighted by Crippen LogP contribution is -2.42. The molecule has 3 heterocycles. The third-order valence-corrected chi connectivity index (χ3v) is 4.54. The molecule has 0 aromatic heterocycles. The van der Waals surface area contributed by atoms with E-state index >= 15 is 0 Å². The number of benzene rings is 1. The molecule has 1 fully saturated rings. The molecule has 1 aromatic rings. The number of fused-ring (bicyclic) bond motifs is 2. The van der Waals surface area contributed by atoms with Crippen LogP contribution in [0.3, 0.4) is 0 Å². The van der Waals surface area contributed by atoms with Gasteiger partial charge in [0.2, 0.25) is 11.8 Å². The van der Waals surface area contributed by atoms with Crippen LogP contribution >= 0.6 is 0 Å². The average molecular weight is 311 g/mol. The topological polar surface area (TPSA) is 74.3 Å². The highest BCUT2D eigenvalue weighted by Gasteiger charge is 2.38. The first-order valence-electron chi connectivity index (χ1n) is 7.78. The Morgan fingerprint density at radius 2 is 1.91 bits per heavy atom. The summed E-state index contributed by atoms with van der Waals surface area (Å²) in [4.78, 5) is 24.3. The Kier molecular flexibility index (Phi) is 3.14. The van der Waals surface area contributed by atoms with E-state index in [9.17, 15) is 10.1 Å². The van der Waals surface area contributed by atoms with Gasteiger partial charge in [0, 0.05) is 13.1 Å². The van der Waals surface area contributed by atoms with Gasteiger partial charge in [-0.2, -0.15) is 4.99 Å². The largest absolute Gasteiger partial charge is 0.351 e. The summed E-state index contributed by atoms with van der Waals surface area (Å²) in [5.41, 5.74) is 2.66. The maximum Gasteiger partial charge on any atom is 0.330 e. The minimum absolute atomic E-state index is 0.102. The number of para-hydroxylation sites is 1. The third kappa shape index (κ3) is 2.19. The summed E-state index contributed by atoms with van der Waals surface area (Å²) in [5.74, 6) is 1.01. The number of likely N-dealkylation sites (tertiary alicyclic amines) is 1. The first kappa shape index (κ1) is 13.9. The molecule has 3 aliphatic rings. The summed E-state index contributed by atoms with van der Waals surface area (Å²) in [5, 5.41) is 11.6. The minimum atomic E-state index is -0.316. The highest BCUT2D eigenvalue weighted by atomic mass is 16.6. The SMILES string of the molecule is CC1=C([N+](=O)[O-])C(N2CCCC2)=NC2=Nc3ccccc3CN21. The fraction of sp³-hybridized carbons (Fsp3) is 0.375. The van der Waals surface area contributed by atoms with Crippen molar-refractivity contribution in [2.24, 2.45) is 9.98 Å². The van der Waals surface area contributed by atoms with Gasteiger partial charge in [0.05, 0.1) is 17.2 Å². The molecule has 0 radical (unpaired) electrons. The number of rotatable bonds is 1. The Morgan fingerprint density at radius 1 is 1.17 bits per heavy atom. The minimum Gasteiger partial charge on any atom is -0.351 e. The first-order valence-corrected chi connectivity index (χ1v) is 7.78. The maximum atomic E-state index is 11.6. The zero-order valence-electron chi connectivity index (χ0n) is 12.9. The van der Waals surface area contributed by atoms with E-state index in [0.717, 1.165) is 37.2 Å². The Morgan fingerprint density at radius 3 is 2.65 bits per heavy atom. The maximum absolute atomic E-state index is 11.6. The van der Waals surface area contributed by atoms with Crippen LogP contribution in [0, 0.1) is 10.1 Å². The van der Waals surface area contributed by atoms with Crippen molar-refractivity contribution < 1.29 is 4.92 Å². The molecule has 1 saturated heterocycles. The van der Waals surface area contributed by atoms with Gasteiger partial charge in [-0.1, -0.05) is 18.2 Å². The highest BCUT2D eigenvalue weighted by Crippen LogP contribution is 2.32. The molecular formula is C16H17N5O2. The number of nitro groups is 1. The van der Waals surface area contributed by atoms with Gasteiger partial charge in [-0.15, -0.1) is 0 Å². The second kappa shape index (κ2) is 5.19. The Balaban J connectivity index is 1.84. The lowest BCUT2D eigenvalue weighted by atomic mass is 10.1. The van der Waals surface area contributed by atoms with Crippen LogP contribution in [-0.4, -0.2) is 39.6 Å². The van der Waals surface area contributed by atoms with Gasteiger partial charge >= 0.3 is 5.70 Å². The van der Waals surface area contributed by atoms with Gasteiger partial charge < -0.3 is 9.80 Å². The fourth-order valence-electron chi connectivity index (χ4n) is 3.32. The van der Waals surface area contributed by atoms with Crippen LogP contribution < -0.4 is 0 Å². The molecule has 0 atom stereocenters. The van der Waals surface area contributed by atoms with Crippen LogP contribution in [-0.2, 0) is 6.54 Å². The van der Waals surface area contributed by atoms with E-state index < -0.39 is 0 Å². The molecule has 118 valence electrons. The molecule has 0 bridgehead atoms. The molecular weight excluding hydrogens is 294 g/mol. The van der Waals surface area contributed by atoms with Crippen LogP contribution in [0.15, 0.2) is 45.6 Å². The Labute approximate surface area is 133 Å². The third-order valence-electron chi connectivity index (χ3n) is 4.54. The van der Waals surface area contributed by atoms with Crippen LogP contribution in [0.5, 0.6) is 0 Å². The van der Waals surface area contributed by atoms with Crippen LogP contribution in [0.1, 0.15) is 25.3 Å². The summed E-state index contributed by atoms with van der Waals surface area (Å²) in [7, 11) is 0. The number of hydrogen-bond donors (Lipinski definition) is 0. The molecule has 0 aliphatic carbocycles. The lowest BCUT2D eigenvalue weighted by molar-refractivity contribution is -0.418. The molecule has 0 N–H and O–H groups in total. The van der Waals surface area contributed by atoms with Crippen molar-refractivity contribution in [1.29, 1.82) is 0 Å². The second-order valence-electron chi connectivity index (χ2n) is 5.95. The van der Waals surface area contributed by atoms with E-state index in [1.165, 1.54) is 0 Å². The van der Waals surface area contributed by atoms with Gasteiger partial charge in [-0.25, -0.2) is 4.99 Å². The van der Waals surface area contributed by atoms with Gasteiger partial charge in [0.15, 0.2) is 0 Å². The van der Waals surface area contributed by atoms with E-state index in [2.05, 4.69) is 9.98 Å². The van der Waals surface area contributed by atoms with Crippen molar-refractivity contribution in [3.05, 3.63) is 51.3 Å². The standard InChI is InChI=1S/C16H17N5O2/c1-11-14(21(22)23)15(19-8-4-5-9-19)18-16-17-13-7-3-2-6-12(13)10-20(11)16/h2-3,6-7H,4-5,8-10H2,1H3. The molecule has 4 rings (SSSR count). The molecule has 7 heteroatoms. The van der Waals surface area contributed by atoms with E-state index in [1.807, 2.05) is 34.1 Å². The van der Waals surface area contributed by atoms with Crippen molar-refractivity contribution in [2.75, 3.05) is 13.1 Å². The Bertz CT molecular complexity index is 774. The van der Waals surface area contributed by atoms with Gasteiger partial charge in [0.1, 0.15) is 5.70 Å². The monoisotopic (exact) mass is 311 g/mol. The first-order chi connectivity index (χ1) is 11.1. The molecule has 0 amide bonds. The van der Waals surface area contributed by atoms with Crippen LogP contribution in [0.4, 0.5) is 5.69 Å². The summed E-state index contributed by atoms with van der Waals surface area (Å²) >= 11 is 0. The van der Waals surface area contributed by atoms with Crippen molar-refractivity contribution in [3.8, 4) is 0 Å². The van der Waals surface area contributed by atoms with E-state index in [-0.39, 0.29) is 10.6 Å². The summed E-state index contributed by atoms with van der Waals surface area (Å²) in [6.45, 7) is 3.97. The smallest absolute Gasteiger partial charge is 0.330 e. The zero-order chi connectivity index (χ0) is 16.0. The Hall–Kier alpha value is -2.70. The second-order valence-corrected chi connectivity index (χ2v) is 5.95.